The van der Waals surface area contributed by atoms with Crippen LogP contribution in [0.2, 0.25) is 0 Å². The van der Waals surface area contributed by atoms with Gasteiger partial charge < -0.3 is 9.88 Å². The number of hydrogen-bond donors (Lipinski definition) is 2. The van der Waals surface area contributed by atoms with Gasteiger partial charge in [-0.2, -0.15) is 0 Å². The Morgan fingerprint density at radius 3 is 2.67 bits per heavy atom. The molecule has 1 fully saturated rings. The molecule has 1 aliphatic heterocycles. The number of alkyl halides is 2. The zero-order valence-electron chi connectivity index (χ0n) is 17.3. The van der Waals surface area contributed by atoms with E-state index in [9.17, 15) is 13.6 Å². The Kier molecular flexibility index (Phi) is 7.10. The second kappa shape index (κ2) is 9.75. The largest absolute Gasteiger partial charge is 0.367 e. The normalized spacial score (nSPS) is 16.2. The molecule has 6 nitrogen and oxygen atoms in total. The molecule has 0 unspecified atom stereocenters. The Labute approximate surface area is 174 Å². The molecular formula is C22H27F2N5O. The van der Waals surface area contributed by atoms with E-state index in [2.05, 4.69) is 14.9 Å². The first-order chi connectivity index (χ1) is 14.4. The first kappa shape index (κ1) is 21.8. The van der Waals surface area contributed by atoms with Crippen molar-refractivity contribution in [3.63, 3.8) is 0 Å². The number of aromatic nitrogens is 2. The minimum Gasteiger partial charge on any atom is -0.367 e. The number of piperazine rings is 1. The van der Waals surface area contributed by atoms with Crippen LogP contribution in [0.1, 0.15) is 25.1 Å². The van der Waals surface area contributed by atoms with Crippen molar-refractivity contribution in [2.45, 2.75) is 33.2 Å². The van der Waals surface area contributed by atoms with Crippen LogP contribution in [-0.4, -0.2) is 58.1 Å². The third-order valence-corrected chi connectivity index (χ3v) is 5.22. The van der Waals surface area contributed by atoms with E-state index < -0.39 is 12.1 Å². The number of H-pyrrole nitrogens is 1. The van der Waals surface area contributed by atoms with E-state index in [-0.39, 0.29) is 11.3 Å². The molecule has 0 atom stereocenters. The predicted octanol–water partition coefficient (Wildman–Crippen LogP) is 3.35. The third kappa shape index (κ3) is 4.99. The molecule has 0 aliphatic carbocycles. The van der Waals surface area contributed by atoms with Crippen molar-refractivity contribution >= 4 is 16.7 Å². The number of hydrogen-bond acceptors (Lipinski definition) is 5. The number of benzene rings is 1. The number of allylic oxidation sites excluding steroid dienone is 4. The summed E-state index contributed by atoms with van der Waals surface area (Å²) in [4.78, 5) is 23.4. The summed E-state index contributed by atoms with van der Waals surface area (Å²) >= 11 is 0. The lowest BCUT2D eigenvalue weighted by Crippen LogP contribution is -2.47. The summed E-state index contributed by atoms with van der Waals surface area (Å²) in [6, 6.07) is 5.86. The first-order valence-electron chi connectivity index (χ1n) is 10.1. The number of rotatable bonds is 7. The number of aryl methyl sites for hydroxylation is 1. The molecule has 0 spiro atoms. The number of aromatic amines is 1. The lowest BCUT2D eigenvalue weighted by Gasteiger charge is -2.37. The fourth-order valence-corrected chi connectivity index (χ4v) is 3.58. The van der Waals surface area contributed by atoms with Crippen LogP contribution in [0.25, 0.3) is 11.0 Å². The summed E-state index contributed by atoms with van der Waals surface area (Å²) in [7, 11) is 0. The van der Waals surface area contributed by atoms with Crippen molar-refractivity contribution in [1.82, 2.24) is 19.8 Å². The smallest absolute Gasteiger partial charge is 0.281 e. The van der Waals surface area contributed by atoms with Crippen molar-refractivity contribution in [1.29, 1.82) is 5.41 Å². The second-order valence-electron chi connectivity index (χ2n) is 7.27. The van der Waals surface area contributed by atoms with Gasteiger partial charge in [-0.05, 0) is 37.1 Å². The minimum atomic E-state index is -2.79. The van der Waals surface area contributed by atoms with Crippen LogP contribution in [0, 0.1) is 5.41 Å². The van der Waals surface area contributed by atoms with E-state index in [1.54, 1.807) is 18.2 Å². The number of halogens is 2. The lowest BCUT2D eigenvalue weighted by molar-refractivity contribution is 0.153. The van der Waals surface area contributed by atoms with Gasteiger partial charge in [0, 0.05) is 32.7 Å². The van der Waals surface area contributed by atoms with Gasteiger partial charge in [-0.25, -0.2) is 13.8 Å². The molecule has 160 valence electrons. The van der Waals surface area contributed by atoms with Gasteiger partial charge in [-0.15, -0.1) is 0 Å². The molecule has 30 heavy (non-hydrogen) atoms. The standard InChI is InChI=1S/C22H27F2N5O/c1-3-5-6-19(20(25)21(23)24)29-11-9-28(10-12-29)14-15-7-8-17-18(13-15)27-22(30)16(4-2)26-17/h3,5-8,13,21,25H,4,9-12,14H2,1-2H3,(H,27,30)/b5-3+,19-6+,25-20?. The van der Waals surface area contributed by atoms with Gasteiger partial charge in [0.25, 0.3) is 12.0 Å². The molecule has 0 bridgehead atoms. The molecule has 2 N–H and O–H groups in total. The molecule has 2 aromatic rings. The van der Waals surface area contributed by atoms with E-state index >= 15 is 0 Å². The van der Waals surface area contributed by atoms with E-state index in [1.807, 2.05) is 36.9 Å². The Bertz CT molecular complexity index is 1020. The summed E-state index contributed by atoms with van der Waals surface area (Å²) in [6.45, 7) is 6.96. The van der Waals surface area contributed by atoms with Crippen LogP contribution >= 0.6 is 0 Å². The van der Waals surface area contributed by atoms with Crippen LogP contribution in [-0.2, 0) is 13.0 Å². The first-order valence-corrected chi connectivity index (χ1v) is 10.1. The summed E-state index contributed by atoms with van der Waals surface area (Å²) < 4.78 is 26.1. The highest BCUT2D eigenvalue weighted by atomic mass is 19.3. The van der Waals surface area contributed by atoms with Crippen molar-refractivity contribution in [3.05, 3.63) is 63.7 Å². The van der Waals surface area contributed by atoms with Gasteiger partial charge in [-0.3, -0.25) is 15.1 Å². The van der Waals surface area contributed by atoms with Crippen LogP contribution in [0.4, 0.5) is 8.78 Å². The molecular weight excluding hydrogens is 388 g/mol. The zero-order valence-corrected chi connectivity index (χ0v) is 17.3. The SMILES string of the molecule is C/C=C/C=C(\C(=N)C(F)F)N1CCN(Cc2ccc3nc(CC)c(=O)[nH]c3c2)CC1. The highest BCUT2D eigenvalue weighted by molar-refractivity contribution is 5.99. The molecule has 1 aromatic carbocycles. The summed E-state index contributed by atoms with van der Waals surface area (Å²) in [5.74, 6) is 0. The number of nitrogens with zero attached hydrogens (tertiary/aromatic N) is 3. The lowest BCUT2D eigenvalue weighted by atomic mass is 10.1. The molecule has 0 saturated carbocycles. The highest BCUT2D eigenvalue weighted by Gasteiger charge is 2.24. The van der Waals surface area contributed by atoms with Crippen molar-refractivity contribution in [3.8, 4) is 0 Å². The maximum atomic E-state index is 13.1. The second-order valence-corrected chi connectivity index (χ2v) is 7.27. The molecule has 1 aliphatic rings. The quantitative estimate of drug-likeness (QED) is 0.537. The van der Waals surface area contributed by atoms with E-state index in [0.717, 1.165) is 16.6 Å². The van der Waals surface area contributed by atoms with Crippen LogP contribution in [0.5, 0.6) is 0 Å². The van der Waals surface area contributed by atoms with Crippen molar-refractivity contribution < 1.29 is 8.78 Å². The fourth-order valence-electron chi connectivity index (χ4n) is 3.58. The molecule has 0 radical (unpaired) electrons. The molecule has 3 rings (SSSR count). The Balaban J connectivity index is 1.68. The average molecular weight is 415 g/mol. The van der Waals surface area contributed by atoms with Gasteiger partial charge in [0.05, 0.1) is 16.7 Å². The molecule has 8 heteroatoms. The maximum absolute atomic E-state index is 13.1. The third-order valence-electron chi connectivity index (χ3n) is 5.22. The molecule has 1 aromatic heterocycles. The monoisotopic (exact) mass is 415 g/mol. The summed E-state index contributed by atoms with van der Waals surface area (Å²) in [5, 5.41) is 7.73. The van der Waals surface area contributed by atoms with E-state index in [4.69, 9.17) is 5.41 Å². The van der Waals surface area contributed by atoms with Gasteiger partial charge in [-0.1, -0.05) is 25.1 Å². The molecule has 2 heterocycles. The Morgan fingerprint density at radius 2 is 2.03 bits per heavy atom. The predicted molar refractivity (Wildman–Crippen MR) is 115 cm³/mol. The van der Waals surface area contributed by atoms with Gasteiger partial charge >= 0.3 is 0 Å². The van der Waals surface area contributed by atoms with Gasteiger partial charge in [0.1, 0.15) is 11.4 Å². The van der Waals surface area contributed by atoms with Crippen LogP contribution in [0.15, 0.2) is 46.9 Å². The zero-order chi connectivity index (χ0) is 21.7. The Morgan fingerprint density at radius 1 is 1.30 bits per heavy atom. The topological polar surface area (TPSA) is 76.1 Å². The number of nitrogens with one attached hydrogen (secondary N) is 2. The highest BCUT2D eigenvalue weighted by Crippen LogP contribution is 2.18. The van der Waals surface area contributed by atoms with Gasteiger partial charge in [0.2, 0.25) is 0 Å². The average Bonchev–Trinajstić information content (AvgIpc) is 2.74. The van der Waals surface area contributed by atoms with Gasteiger partial charge in [0.15, 0.2) is 0 Å². The van der Waals surface area contributed by atoms with Crippen LogP contribution < -0.4 is 5.56 Å². The molecule has 1 saturated heterocycles. The number of fused-ring (bicyclic) bond motifs is 1. The summed E-state index contributed by atoms with van der Waals surface area (Å²) in [6.07, 6.45) is 2.83. The molecule has 0 amide bonds. The van der Waals surface area contributed by atoms with E-state index in [0.29, 0.717) is 44.8 Å². The van der Waals surface area contributed by atoms with Crippen LogP contribution in [0.3, 0.4) is 0 Å². The van der Waals surface area contributed by atoms with E-state index in [1.165, 1.54) is 0 Å². The fraction of sp³-hybridized carbons (Fsp3) is 0.409. The Hall–Kier alpha value is -2.87. The maximum Gasteiger partial charge on any atom is 0.281 e. The van der Waals surface area contributed by atoms with Crippen molar-refractivity contribution in [2.24, 2.45) is 0 Å². The van der Waals surface area contributed by atoms with Crippen molar-refractivity contribution in [2.75, 3.05) is 26.2 Å². The minimum absolute atomic E-state index is 0.155. The summed E-state index contributed by atoms with van der Waals surface area (Å²) in [5.41, 5.74) is 2.56.